The van der Waals surface area contributed by atoms with Crippen LogP contribution in [-0.2, 0) is 11.3 Å². The third-order valence-corrected chi connectivity index (χ3v) is 6.85. The lowest BCUT2D eigenvalue weighted by Gasteiger charge is -2.59. The molecule has 5 heteroatoms. The number of nitrogens with one attached hydrogen (secondary N) is 1. The quantitative estimate of drug-likeness (QED) is 0.801. The minimum absolute atomic E-state index is 0.00914. The van der Waals surface area contributed by atoms with Gasteiger partial charge in [-0.05, 0) is 74.7 Å². The molecule has 5 nitrogen and oxygen atoms in total. The van der Waals surface area contributed by atoms with Crippen molar-refractivity contribution in [3.8, 4) is 0 Å². The summed E-state index contributed by atoms with van der Waals surface area (Å²) in [5, 5.41) is 3.26. The van der Waals surface area contributed by atoms with Crippen LogP contribution in [0.2, 0.25) is 0 Å². The summed E-state index contributed by atoms with van der Waals surface area (Å²) in [6.07, 6.45) is 11.5. The Hall–Kier alpha value is -1.91. The van der Waals surface area contributed by atoms with E-state index in [0.29, 0.717) is 11.0 Å². The summed E-state index contributed by atoms with van der Waals surface area (Å²) >= 11 is 0. The lowest BCUT2D eigenvalue weighted by Crippen LogP contribution is -2.57. The van der Waals surface area contributed by atoms with Crippen molar-refractivity contribution in [2.45, 2.75) is 58.0 Å². The summed E-state index contributed by atoms with van der Waals surface area (Å²) in [6, 6.07) is 3.62. The van der Waals surface area contributed by atoms with Gasteiger partial charge in [-0.2, -0.15) is 4.57 Å². The van der Waals surface area contributed by atoms with Gasteiger partial charge >= 0.3 is 0 Å². The molecule has 0 aliphatic heterocycles. The van der Waals surface area contributed by atoms with Gasteiger partial charge in [0.15, 0.2) is 12.4 Å². The summed E-state index contributed by atoms with van der Waals surface area (Å²) in [4.78, 5) is 23.8. The van der Waals surface area contributed by atoms with Crippen molar-refractivity contribution >= 4 is 11.8 Å². The fourth-order valence-electron chi connectivity index (χ4n) is 6.08. The molecule has 0 unspecified atom stereocenters. The van der Waals surface area contributed by atoms with Gasteiger partial charge in [-0.15, -0.1) is 0 Å². The van der Waals surface area contributed by atoms with Gasteiger partial charge in [0, 0.05) is 12.1 Å². The number of nitrogens with zero attached hydrogens (tertiary/aromatic N) is 1. The SMILES string of the molecule is C[C@H](NC(=O)C[n+]1cccc(C(N)=O)c1)C12CC3CC(CC(C3)C1)C2. The Kier molecular flexibility index (Phi) is 4.05. The number of carbonyl (C=O) groups excluding carboxylic acids is 2. The molecule has 5 rings (SSSR count). The van der Waals surface area contributed by atoms with Crippen LogP contribution >= 0.6 is 0 Å². The normalized spacial score (nSPS) is 33.9. The molecule has 134 valence electrons. The van der Waals surface area contributed by atoms with Crippen LogP contribution in [0.15, 0.2) is 24.5 Å². The van der Waals surface area contributed by atoms with E-state index in [1.807, 2.05) is 0 Å². The summed E-state index contributed by atoms with van der Waals surface area (Å²) in [5.41, 5.74) is 6.04. The summed E-state index contributed by atoms with van der Waals surface area (Å²) in [5.74, 6) is 2.18. The van der Waals surface area contributed by atoms with Gasteiger partial charge < -0.3 is 11.1 Å². The van der Waals surface area contributed by atoms with E-state index >= 15 is 0 Å². The lowest BCUT2D eigenvalue weighted by atomic mass is 9.48. The molecule has 0 spiro atoms. The molecule has 1 aromatic heterocycles. The third-order valence-electron chi connectivity index (χ3n) is 6.85. The van der Waals surface area contributed by atoms with Crippen LogP contribution in [0.25, 0.3) is 0 Å². The zero-order chi connectivity index (χ0) is 17.6. The largest absolute Gasteiger partial charge is 0.365 e. The number of pyridine rings is 1. The van der Waals surface area contributed by atoms with E-state index in [-0.39, 0.29) is 18.5 Å². The van der Waals surface area contributed by atoms with E-state index in [0.717, 1.165) is 17.8 Å². The van der Waals surface area contributed by atoms with Gasteiger partial charge in [0.2, 0.25) is 6.54 Å². The van der Waals surface area contributed by atoms with Crippen molar-refractivity contribution in [2.24, 2.45) is 28.9 Å². The lowest BCUT2D eigenvalue weighted by molar-refractivity contribution is -0.684. The van der Waals surface area contributed by atoms with Gasteiger partial charge in [0.05, 0.1) is 0 Å². The minimum atomic E-state index is -0.475. The first kappa shape index (κ1) is 16.6. The first-order valence-corrected chi connectivity index (χ1v) is 9.52. The van der Waals surface area contributed by atoms with Crippen LogP contribution in [0.4, 0.5) is 0 Å². The average molecular weight is 342 g/mol. The van der Waals surface area contributed by atoms with Crippen molar-refractivity contribution in [1.82, 2.24) is 5.32 Å². The van der Waals surface area contributed by atoms with Crippen LogP contribution < -0.4 is 15.6 Å². The highest BCUT2D eigenvalue weighted by molar-refractivity contribution is 5.92. The van der Waals surface area contributed by atoms with Crippen LogP contribution in [0, 0.1) is 23.2 Å². The molecule has 1 aromatic rings. The second-order valence-corrected chi connectivity index (χ2v) is 8.70. The van der Waals surface area contributed by atoms with Gasteiger partial charge in [-0.1, -0.05) is 0 Å². The molecule has 4 bridgehead atoms. The Morgan fingerprint density at radius 3 is 2.40 bits per heavy atom. The Labute approximate surface area is 149 Å². The Bertz CT molecular complexity index is 665. The van der Waals surface area contributed by atoms with Gasteiger partial charge in [0.1, 0.15) is 5.56 Å². The molecule has 0 saturated heterocycles. The first-order valence-electron chi connectivity index (χ1n) is 9.52. The highest BCUT2D eigenvalue weighted by Crippen LogP contribution is 2.61. The molecule has 4 aliphatic carbocycles. The average Bonchev–Trinajstić information content (AvgIpc) is 2.53. The molecule has 4 saturated carbocycles. The highest BCUT2D eigenvalue weighted by atomic mass is 16.2. The third kappa shape index (κ3) is 3.16. The minimum Gasteiger partial charge on any atom is -0.365 e. The molecular formula is C20H28N3O2+. The summed E-state index contributed by atoms with van der Waals surface area (Å²) in [6.45, 7) is 2.41. The number of carbonyl (C=O) groups is 2. The van der Waals surface area contributed by atoms with E-state index < -0.39 is 5.91 Å². The molecule has 1 heterocycles. The summed E-state index contributed by atoms with van der Waals surface area (Å²) in [7, 11) is 0. The zero-order valence-corrected chi connectivity index (χ0v) is 14.9. The fourth-order valence-corrected chi connectivity index (χ4v) is 6.08. The predicted octanol–water partition coefficient (Wildman–Crippen LogP) is 1.79. The smallest absolute Gasteiger partial charge is 0.286 e. The maximum atomic E-state index is 12.5. The number of aromatic nitrogens is 1. The van der Waals surface area contributed by atoms with Gasteiger partial charge in [-0.25, -0.2) is 0 Å². The van der Waals surface area contributed by atoms with E-state index in [4.69, 9.17) is 5.73 Å². The zero-order valence-electron chi connectivity index (χ0n) is 14.9. The van der Waals surface area contributed by atoms with Crippen molar-refractivity contribution in [3.05, 3.63) is 30.1 Å². The van der Waals surface area contributed by atoms with Crippen LogP contribution in [0.3, 0.4) is 0 Å². The molecule has 3 N–H and O–H groups in total. The van der Waals surface area contributed by atoms with E-state index in [2.05, 4.69) is 12.2 Å². The standard InChI is InChI=1S/C20H27N3O2/c1-13(20-8-14-5-15(9-20)7-16(6-14)10-20)22-18(24)12-23-4-2-3-17(11-23)19(21)25/h2-4,11,13-16H,5-10,12H2,1H3,(H2-,21,22,24,25)/p+1/t13-,14?,15?,16?,20?/m0/s1. The molecular weight excluding hydrogens is 314 g/mol. The Balaban J connectivity index is 1.41. The Morgan fingerprint density at radius 1 is 1.24 bits per heavy atom. The molecule has 25 heavy (non-hydrogen) atoms. The van der Waals surface area contributed by atoms with Crippen molar-refractivity contribution < 1.29 is 14.2 Å². The maximum Gasteiger partial charge on any atom is 0.286 e. The number of hydrogen-bond donors (Lipinski definition) is 2. The highest BCUT2D eigenvalue weighted by Gasteiger charge is 2.53. The van der Waals surface area contributed by atoms with E-state index in [1.54, 1.807) is 29.1 Å². The molecule has 0 radical (unpaired) electrons. The molecule has 4 fully saturated rings. The number of nitrogens with two attached hydrogens (primary N) is 1. The number of primary amides is 1. The van der Waals surface area contributed by atoms with Crippen molar-refractivity contribution in [3.63, 3.8) is 0 Å². The Morgan fingerprint density at radius 2 is 1.84 bits per heavy atom. The molecule has 4 aliphatic rings. The first-order chi connectivity index (χ1) is 11.9. The van der Waals surface area contributed by atoms with E-state index in [1.165, 1.54) is 38.5 Å². The van der Waals surface area contributed by atoms with Crippen LogP contribution in [0.5, 0.6) is 0 Å². The number of amides is 2. The van der Waals surface area contributed by atoms with Crippen molar-refractivity contribution in [2.75, 3.05) is 0 Å². The predicted molar refractivity (Wildman–Crippen MR) is 93.4 cm³/mol. The van der Waals surface area contributed by atoms with E-state index in [9.17, 15) is 9.59 Å². The maximum absolute atomic E-state index is 12.5. The second kappa shape index (κ2) is 6.11. The number of hydrogen-bond acceptors (Lipinski definition) is 2. The van der Waals surface area contributed by atoms with Gasteiger partial charge in [-0.3, -0.25) is 9.59 Å². The topological polar surface area (TPSA) is 76.1 Å². The van der Waals surface area contributed by atoms with Crippen LogP contribution in [-0.4, -0.2) is 17.9 Å². The monoisotopic (exact) mass is 342 g/mol. The second-order valence-electron chi connectivity index (χ2n) is 8.70. The van der Waals surface area contributed by atoms with Crippen LogP contribution in [0.1, 0.15) is 55.8 Å². The molecule has 1 atom stereocenters. The number of rotatable bonds is 5. The van der Waals surface area contributed by atoms with Gasteiger partial charge in [0.25, 0.3) is 11.8 Å². The summed E-state index contributed by atoms with van der Waals surface area (Å²) < 4.78 is 1.72. The molecule has 0 aromatic carbocycles. The van der Waals surface area contributed by atoms with Crippen molar-refractivity contribution in [1.29, 1.82) is 0 Å². The fraction of sp³-hybridized carbons (Fsp3) is 0.650. The molecule has 2 amide bonds.